The first-order chi connectivity index (χ1) is 9.99. The Kier molecular flexibility index (Phi) is 4.96. The lowest BCUT2D eigenvalue weighted by Gasteiger charge is -2.41. The third-order valence-corrected chi connectivity index (χ3v) is 3.99. The predicted molar refractivity (Wildman–Crippen MR) is 81.6 cm³/mol. The Labute approximate surface area is 125 Å². The van der Waals surface area contributed by atoms with Crippen molar-refractivity contribution < 1.29 is 9.59 Å². The van der Waals surface area contributed by atoms with Crippen molar-refractivity contribution in [3.05, 3.63) is 35.9 Å². The standard InChI is InChI=1S/C16H23N3O2/c1-12(2)18-8-9-19(14(11-18)16(17)21)15(20)10-13-6-4-3-5-7-13/h3-7,12,14H,8-11H2,1-2H3,(H2,17,21). The molecule has 0 aromatic heterocycles. The van der Waals surface area contributed by atoms with Crippen LogP contribution in [0.3, 0.4) is 0 Å². The van der Waals surface area contributed by atoms with Crippen LogP contribution in [0.15, 0.2) is 30.3 Å². The predicted octanol–water partition coefficient (Wildman–Crippen LogP) is 0.636. The van der Waals surface area contributed by atoms with E-state index in [0.717, 1.165) is 12.1 Å². The monoisotopic (exact) mass is 289 g/mol. The maximum absolute atomic E-state index is 12.5. The second-order valence-electron chi connectivity index (χ2n) is 5.76. The summed E-state index contributed by atoms with van der Waals surface area (Å²) in [6.45, 7) is 6.02. The van der Waals surface area contributed by atoms with Crippen LogP contribution in [-0.2, 0) is 16.0 Å². The van der Waals surface area contributed by atoms with E-state index in [2.05, 4.69) is 18.7 Å². The topological polar surface area (TPSA) is 66.6 Å². The highest BCUT2D eigenvalue weighted by molar-refractivity contribution is 5.88. The minimum absolute atomic E-state index is 0.0339. The number of piperazine rings is 1. The molecule has 5 heteroatoms. The highest BCUT2D eigenvalue weighted by Crippen LogP contribution is 2.14. The summed E-state index contributed by atoms with van der Waals surface area (Å²) in [7, 11) is 0. The van der Waals surface area contributed by atoms with Gasteiger partial charge >= 0.3 is 0 Å². The molecule has 1 aliphatic rings. The minimum Gasteiger partial charge on any atom is -0.368 e. The lowest BCUT2D eigenvalue weighted by atomic mass is 10.1. The Morgan fingerprint density at radius 2 is 1.90 bits per heavy atom. The van der Waals surface area contributed by atoms with Gasteiger partial charge in [-0.2, -0.15) is 0 Å². The van der Waals surface area contributed by atoms with Gasteiger partial charge in [-0.1, -0.05) is 30.3 Å². The van der Waals surface area contributed by atoms with E-state index in [1.807, 2.05) is 30.3 Å². The molecule has 1 saturated heterocycles. The zero-order chi connectivity index (χ0) is 15.4. The number of nitrogens with two attached hydrogens (primary N) is 1. The average molecular weight is 289 g/mol. The maximum Gasteiger partial charge on any atom is 0.241 e. The molecule has 0 spiro atoms. The van der Waals surface area contributed by atoms with Gasteiger partial charge in [-0.15, -0.1) is 0 Å². The second-order valence-corrected chi connectivity index (χ2v) is 5.76. The van der Waals surface area contributed by atoms with Crippen LogP contribution in [0.5, 0.6) is 0 Å². The van der Waals surface area contributed by atoms with E-state index >= 15 is 0 Å². The van der Waals surface area contributed by atoms with Crippen LogP contribution in [-0.4, -0.2) is 53.3 Å². The molecule has 2 amide bonds. The van der Waals surface area contributed by atoms with E-state index in [9.17, 15) is 9.59 Å². The summed E-state index contributed by atoms with van der Waals surface area (Å²) in [4.78, 5) is 28.0. The van der Waals surface area contributed by atoms with E-state index in [0.29, 0.717) is 25.6 Å². The summed E-state index contributed by atoms with van der Waals surface area (Å²) in [6.07, 6.45) is 0.312. The van der Waals surface area contributed by atoms with E-state index in [1.165, 1.54) is 0 Å². The van der Waals surface area contributed by atoms with Crippen LogP contribution >= 0.6 is 0 Å². The van der Waals surface area contributed by atoms with Crippen molar-refractivity contribution in [2.45, 2.75) is 32.4 Å². The number of amides is 2. The van der Waals surface area contributed by atoms with Gasteiger partial charge in [0.1, 0.15) is 6.04 Å². The number of primary amides is 1. The Bertz CT molecular complexity index is 502. The van der Waals surface area contributed by atoms with E-state index < -0.39 is 11.9 Å². The summed E-state index contributed by atoms with van der Waals surface area (Å²) in [5.41, 5.74) is 6.45. The van der Waals surface area contributed by atoms with Gasteiger partial charge in [0.05, 0.1) is 6.42 Å². The molecular weight excluding hydrogens is 266 g/mol. The Morgan fingerprint density at radius 1 is 1.24 bits per heavy atom. The van der Waals surface area contributed by atoms with Gasteiger partial charge in [-0.25, -0.2) is 0 Å². The molecular formula is C16H23N3O2. The van der Waals surface area contributed by atoms with Gasteiger partial charge in [-0.3, -0.25) is 14.5 Å². The van der Waals surface area contributed by atoms with Crippen LogP contribution in [0.4, 0.5) is 0 Å². The third kappa shape index (κ3) is 3.82. The number of nitrogens with zero attached hydrogens (tertiary/aromatic N) is 2. The molecule has 1 aliphatic heterocycles. The molecule has 21 heavy (non-hydrogen) atoms. The van der Waals surface area contributed by atoms with E-state index in [1.54, 1.807) is 4.90 Å². The number of hydrogen-bond donors (Lipinski definition) is 1. The highest BCUT2D eigenvalue weighted by atomic mass is 16.2. The number of benzene rings is 1. The van der Waals surface area contributed by atoms with Gasteiger partial charge in [0, 0.05) is 25.7 Å². The van der Waals surface area contributed by atoms with Crippen LogP contribution < -0.4 is 5.73 Å². The lowest BCUT2D eigenvalue weighted by Crippen LogP contribution is -2.61. The molecule has 0 aliphatic carbocycles. The normalized spacial score (nSPS) is 19.8. The smallest absolute Gasteiger partial charge is 0.241 e. The molecule has 114 valence electrons. The van der Waals surface area contributed by atoms with Crippen molar-refractivity contribution >= 4 is 11.8 Å². The molecule has 0 radical (unpaired) electrons. The highest BCUT2D eigenvalue weighted by Gasteiger charge is 2.34. The fourth-order valence-electron chi connectivity index (χ4n) is 2.69. The van der Waals surface area contributed by atoms with Crippen LogP contribution in [0, 0.1) is 0 Å². The van der Waals surface area contributed by atoms with Gasteiger partial charge in [0.25, 0.3) is 0 Å². The molecule has 1 fully saturated rings. The van der Waals surface area contributed by atoms with Gasteiger partial charge in [0.15, 0.2) is 0 Å². The number of carbonyl (C=O) groups excluding carboxylic acids is 2. The van der Waals surface area contributed by atoms with Gasteiger partial charge in [-0.05, 0) is 19.4 Å². The molecule has 5 nitrogen and oxygen atoms in total. The summed E-state index contributed by atoms with van der Waals surface area (Å²) in [5.74, 6) is -0.463. The van der Waals surface area contributed by atoms with Crippen LogP contribution in [0.2, 0.25) is 0 Å². The van der Waals surface area contributed by atoms with Crippen molar-refractivity contribution in [2.75, 3.05) is 19.6 Å². The lowest BCUT2D eigenvalue weighted by molar-refractivity contribution is -0.142. The third-order valence-electron chi connectivity index (χ3n) is 3.99. The van der Waals surface area contributed by atoms with Gasteiger partial charge < -0.3 is 10.6 Å². The number of rotatable bonds is 4. The summed E-state index contributed by atoms with van der Waals surface area (Å²) >= 11 is 0. The van der Waals surface area contributed by atoms with Crippen molar-refractivity contribution in [1.29, 1.82) is 0 Å². The first-order valence-corrected chi connectivity index (χ1v) is 7.36. The first-order valence-electron chi connectivity index (χ1n) is 7.36. The average Bonchev–Trinajstić information content (AvgIpc) is 2.47. The van der Waals surface area contributed by atoms with Crippen molar-refractivity contribution in [2.24, 2.45) is 5.73 Å². The zero-order valence-corrected chi connectivity index (χ0v) is 12.7. The molecule has 1 heterocycles. The molecule has 2 rings (SSSR count). The molecule has 1 aromatic carbocycles. The largest absolute Gasteiger partial charge is 0.368 e. The fraction of sp³-hybridized carbons (Fsp3) is 0.500. The van der Waals surface area contributed by atoms with E-state index in [4.69, 9.17) is 5.73 Å². The molecule has 0 bridgehead atoms. The SMILES string of the molecule is CC(C)N1CCN(C(=O)Cc2ccccc2)C(C(N)=O)C1. The van der Waals surface area contributed by atoms with Crippen LogP contribution in [0.25, 0.3) is 0 Å². The Balaban J connectivity index is 2.07. The fourth-order valence-corrected chi connectivity index (χ4v) is 2.69. The molecule has 0 saturated carbocycles. The summed E-state index contributed by atoms with van der Waals surface area (Å²) in [6, 6.07) is 9.39. The Morgan fingerprint density at radius 3 is 2.48 bits per heavy atom. The second kappa shape index (κ2) is 6.72. The zero-order valence-electron chi connectivity index (χ0n) is 12.7. The molecule has 1 unspecified atom stereocenters. The molecule has 2 N–H and O–H groups in total. The van der Waals surface area contributed by atoms with Crippen molar-refractivity contribution in [1.82, 2.24) is 9.80 Å². The van der Waals surface area contributed by atoms with Crippen LogP contribution in [0.1, 0.15) is 19.4 Å². The first kappa shape index (κ1) is 15.5. The summed E-state index contributed by atoms with van der Waals surface area (Å²) in [5, 5.41) is 0. The Hall–Kier alpha value is -1.88. The van der Waals surface area contributed by atoms with E-state index in [-0.39, 0.29) is 5.91 Å². The minimum atomic E-state index is -0.530. The van der Waals surface area contributed by atoms with Gasteiger partial charge in [0.2, 0.25) is 11.8 Å². The number of carbonyl (C=O) groups is 2. The summed E-state index contributed by atoms with van der Waals surface area (Å²) < 4.78 is 0. The quantitative estimate of drug-likeness (QED) is 0.884. The maximum atomic E-state index is 12.5. The molecule has 1 atom stereocenters. The van der Waals surface area contributed by atoms with Crippen molar-refractivity contribution in [3.8, 4) is 0 Å². The number of hydrogen-bond acceptors (Lipinski definition) is 3. The van der Waals surface area contributed by atoms with Crippen molar-refractivity contribution in [3.63, 3.8) is 0 Å². The molecule has 1 aromatic rings.